The van der Waals surface area contributed by atoms with Crippen LogP contribution in [0.5, 0.6) is 0 Å². The highest BCUT2D eigenvalue weighted by Gasteiger charge is 2.17. The van der Waals surface area contributed by atoms with Crippen molar-refractivity contribution in [2.45, 2.75) is 26.7 Å². The monoisotopic (exact) mass is 343 g/mol. The fraction of sp³-hybridized carbons (Fsp3) is 0.462. The Hall–Kier alpha value is -1.47. The van der Waals surface area contributed by atoms with E-state index in [0.717, 1.165) is 6.42 Å². The Kier molecular flexibility index (Phi) is 6.09. The number of anilines is 1. The molecular weight excluding hydrogens is 326 g/mol. The number of benzene rings is 1. The van der Waals surface area contributed by atoms with Gasteiger partial charge < -0.3 is 11.1 Å². The van der Waals surface area contributed by atoms with E-state index in [1.807, 2.05) is 6.92 Å². The molecule has 3 N–H and O–H groups in total. The molecule has 0 fully saturated rings. The highest BCUT2D eigenvalue weighted by molar-refractivity contribution is 9.10. The van der Waals surface area contributed by atoms with E-state index in [9.17, 15) is 14.9 Å². The Balaban J connectivity index is 2.89. The summed E-state index contributed by atoms with van der Waals surface area (Å²) < 4.78 is 0.620. The van der Waals surface area contributed by atoms with Crippen LogP contribution in [0.2, 0.25) is 0 Å². The molecule has 6 nitrogen and oxygen atoms in total. The summed E-state index contributed by atoms with van der Waals surface area (Å²) in [4.78, 5) is 22.3. The summed E-state index contributed by atoms with van der Waals surface area (Å²) in [5, 5.41) is 13.6. The number of nitro benzene ring substituents is 1. The molecule has 0 aliphatic rings. The summed E-state index contributed by atoms with van der Waals surface area (Å²) in [6, 6.07) is 2.98. The van der Waals surface area contributed by atoms with Gasteiger partial charge in [0.2, 0.25) is 5.91 Å². The SMILES string of the molecule is CCC(CN)CC(=O)Nc1cc([N+](=O)[O-])c(C)cc1Br. The molecule has 20 heavy (non-hydrogen) atoms. The number of carbonyl (C=O) groups is 1. The molecule has 0 saturated carbocycles. The highest BCUT2D eigenvalue weighted by Crippen LogP contribution is 2.30. The summed E-state index contributed by atoms with van der Waals surface area (Å²) in [5.74, 6) is -0.0737. The van der Waals surface area contributed by atoms with Crippen molar-refractivity contribution in [1.29, 1.82) is 0 Å². The minimum atomic E-state index is -0.466. The van der Waals surface area contributed by atoms with Gasteiger partial charge in [0.05, 0.1) is 10.6 Å². The molecule has 0 bridgehead atoms. The van der Waals surface area contributed by atoms with Gasteiger partial charge in [0.25, 0.3) is 5.69 Å². The van der Waals surface area contributed by atoms with Gasteiger partial charge in [0.15, 0.2) is 0 Å². The van der Waals surface area contributed by atoms with Crippen LogP contribution in [0.4, 0.5) is 11.4 Å². The predicted molar refractivity (Wildman–Crippen MR) is 81.6 cm³/mol. The van der Waals surface area contributed by atoms with Crippen LogP contribution >= 0.6 is 15.9 Å². The fourth-order valence-corrected chi connectivity index (χ4v) is 2.37. The van der Waals surface area contributed by atoms with Crippen molar-refractivity contribution in [2.75, 3.05) is 11.9 Å². The predicted octanol–water partition coefficient (Wildman–Crippen LogP) is 2.98. The first kappa shape index (κ1) is 16.6. The zero-order valence-electron chi connectivity index (χ0n) is 11.5. The zero-order chi connectivity index (χ0) is 15.3. The third kappa shape index (κ3) is 4.28. The van der Waals surface area contributed by atoms with Crippen molar-refractivity contribution in [3.8, 4) is 0 Å². The quantitative estimate of drug-likeness (QED) is 0.612. The fourth-order valence-electron chi connectivity index (χ4n) is 1.81. The van der Waals surface area contributed by atoms with Crippen molar-refractivity contribution in [3.63, 3.8) is 0 Å². The summed E-state index contributed by atoms with van der Waals surface area (Å²) >= 11 is 3.30. The van der Waals surface area contributed by atoms with Crippen molar-refractivity contribution in [1.82, 2.24) is 0 Å². The second-order valence-corrected chi connectivity index (χ2v) is 5.49. The lowest BCUT2D eigenvalue weighted by Gasteiger charge is -2.13. The van der Waals surface area contributed by atoms with Gasteiger partial charge in [-0.3, -0.25) is 14.9 Å². The van der Waals surface area contributed by atoms with E-state index in [-0.39, 0.29) is 17.5 Å². The molecule has 0 saturated heterocycles. The number of nitro groups is 1. The molecule has 1 amide bonds. The number of nitrogens with zero attached hydrogens (tertiary/aromatic N) is 1. The van der Waals surface area contributed by atoms with E-state index in [0.29, 0.717) is 28.7 Å². The maximum Gasteiger partial charge on any atom is 0.274 e. The van der Waals surface area contributed by atoms with Crippen LogP contribution < -0.4 is 11.1 Å². The lowest BCUT2D eigenvalue weighted by atomic mass is 10.0. The second-order valence-electron chi connectivity index (χ2n) is 4.64. The normalized spacial score (nSPS) is 12.0. The minimum absolute atomic E-state index is 0.0191. The van der Waals surface area contributed by atoms with Crippen LogP contribution in [-0.4, -0.2) is 17.4 Å². The smallest absolute Gasteiger partial charge is 0.274 e. The molecule has 1 unspecified atom stereocenters. The van der Waals surface area contributed by atoms with Crippen LogP contribution in [0.1, 0.15) is 25.3 Å². The minimum Gasteiger partial charge on any atom is -0.330 e. The zero-order valence-corrected chi connectivity index (χ0v) is 13.1. The molecule has 1 aromatic carbocycles. The number of hydrogen-bond donors (Lipinski definition) is 2. The lowest BCUT2D eigenvalue weighted by molar-refractivity contribution is -0.385. The molecule has 1 rings (SSSR count). The highest BCUT2D eigenvalue weighted by atomic mass is 79.9. The largest absolute Gasteiger partial charge is 0.330 e. The number of hydrogen-bond acceptors (Lipinski definition) is 4. The molecule has 7 heteroatoms. The number of nitrogens with two attached hydrogens (primary N) is 1. The molecule has 1 atom stereocenters. The maximum atomic E-state index is 11.9. The van der Waals surface area contributed by atoms with Crippen molar-refractivity contribution >= 4 is 33.2 Å². The molecule has 110 valence electrons. The van der Waals surface area contributed by atoms with Gasteiger partial charge in [0.1, 0.15) is 0 Å². The Labute approximate surface area is 126 Å². The summed E-state index contributed by atoms with van der Waals surface area (Å²) in [5.41, 5.74) is 6.48. The van der Waals surface area contributed by atoms with Gasteiger partial charge in [-0.05, 0) is 41.4 Å². The average molecular weight is 344 g/mol. The third-order valence-corrected chi connectivity index (χ3v) is 3.80. The molecule has 0 radical (unpaired) electrons. The summed E-state index contributed by atoms with van der Waals surface area (Å²) in [6.07, 6.45) is 1.13. The van der Waals surface area contributed by atoms with Crippen molar-refractivity contribution < 1.29 is 9.72 Å². The van der Waals surface area contributed by atoms with Crippen LogP contribution in [0.15, 0.2) is 16.6 Å². The number of aryl methyl sites for hydroxylation is 1. The first-order chi connectivity index (χ1) is 9.38. The molecule has 0 aliphatic carbocycles. The van der Waals surface area contributed by atoms with Crippen LogP contribution in [0.3, 0.4) is 0 Å². The van der Waals surface area contributed by atoms with Crippen LogP contribution in [-0.2, 0) is 4.79 Å². The average Bonchev–Trinajstić information content (AvgIpc) is 2.38. The molecule has 0 aliphatic heterocycles. The number of halogens is 1. The van der Waals surface area contributed by atoms with Gasteiger partial charge in [0, 0.05) is 22.5 Å². The third-order valence-electron chi connectivity index (χ3n) is 3.14. The molecule has 1 aromatic rings. The van der Waals surface area contributed by atoms with E-state index in [2.05, 4.69) is 21.2 Å². The Morgan fingerprint density at radius 2 is 2.20 bits per heavy atom. The van der Waals surface area contributed by atoms with E-state index in [1.165, 1.54) is 6.07 Å². The molecule has 0 aromatic heterocycles. The topological polar surface area (TPSA) is 98.3 Å². The first-order valence-corrected chi connectivity index (χ1v) is 7.12. The Bertz CT molecular complexity index is 516. The summed E-state index contributed by atoms with van der Waals surface area (Å²) in [7, 11) is 0. The van der Waals surface area contributed by atoms with E-state index >= 15 is 0 Å². The van der Waals surface area contributed by atoms with Crippen molar-refractivity contribution in [2.24, 2.45) is 11.7 Å². The van der Waals surface area contributed by atoms with Crippen molar-refractivity contribution in [3.05, 3.63) is 32.3 Å². The van der Waals surface area contributed by atoms with Gasteiger partial charge >= 0.3 is 0 Å². The molecular formula is C13H18BrN3O3. The Morgan fingerprint density at radius 3 is 2.70 bits per heavy atom. The lowest BCUT2D eigenvalue weighted by Crippen LogP contribution is -2.22. The number of amides is 1. The summed E-state index contributed by atoms with van der Waals surface area (Å²) in [6.45, 7) is 4.06. The molecule has 0 heterocycles. The van der Waals surface area contributed by atoms with E-state index < -0.39 is 4.92 Å². The van der Waals surface area contributed by atoms with Gasteiger partial charge in [-0.15, -0.1) is 0 Å². The van der Waals surface area contributed by atoms with Gasteiger partial charge in [-0.1, -0.05) is 13.3 Å². The van der Waals surface area contributed by atoms with E-state index in [4.69, 9.17) is 5.73 Å². The Morgan fingerprint density at radius 1 is 1.55 bits per heavy atom. The van der Waals surface area contributed by atoms with E-state index in [1.54, 1.807) is 13.0 Å². The number of nitrogens with one attached hydrogen (secondary N) is 1. The van der Waals surface area contributed by atoms with Crippen LogP contribution in [0.25, 0.3) is 0 Å². The standard InChI is InChI=1S/C13H18BrN3O3/c1-3-9(7-15)5-13(18)16-11-6-12(17(19)20)8(2)4-10(11)14/h4,6,9H,3,5,7,15H2,1-2H3,(H,16,18). The number of carbonyl (C=O) groups excluding carboxylic acids is 1. The first-order valence-electron chi connectivity index (χ1n) is 6.33. The van der Waals surface area contributed by atoms with Gasteiger partial charge in [-0.2, -0.15) is 0 Å². The van der Waals surface area contributed by atoms with Gasteiger partial charge in [-0.25, -0.2) is 0 Å². The second kappa shape index (κ2) is 7.35. The maximum absolute atomic E-state index is 11.9. The molecule has 0 spiro atoms. The van der Waals surface area contributed by atoms with Crippen LogP contribution in [0, 0.1) is 23.0 Å². The number of rotatable bonds is 6.